The van der Waals surface area contributed by atoms with E-state index in [4.69, 9.17) is 5.11 Å². The first-order chi connectivity index (χ1) is 12.3. The zero-order valence-corrected chi connectivity index (χ0v) is 16.2. The predicted octanol–water partition coefficient (Wildman–Crippen LogP) is 3.43. The Morgan fingerprint density at radius 1 is 1.15 bits per heavy atom. The first-order valence-corrected chi connectivity index (χ1v) is 9.91. The van der Waals surface area contributed by atoms with E-state index in [9.17, 15) is 20.1 Å². The Morgan fingerprint density at radius 3 is 2.54 bits per heavy atom. The van der Waals surface area contributed by atoms with E-state index in [0.717, 1.165) is 19.3 Å². The summed E-state index contributed by atoms with van der Waals surface area (Å²) in [6.45, 7) is 3.91. The maximum Gasteiger partial charge on any atom is 0.303 e. The maximum atomic E-state index is 10.5. The Kier molecular flexibility index (Phi) is 10.1. The number of carbonyl (C=O) groups is 1. The molecule has 0 saturated heterocycles. The van der Waals surface area contributed by atoms with Crippen molar-refractivity contribution in [3.05, 3.63) is 24.3 Å². The van der Waals surface area contributed by atoms with Crippen molar-refractivity contribution in [3.8, 4) is 0 Å². The largest absolute Gasteiger partial charge is 0.481 e. The molecule has 5 heteroatoms. The summed E-state index contributed by atoms with van der Waals surface area (Å²) in [6, 6.07) is 0. The third kappa shape index (κ3) is 8.47. The number of hydrogen-bond acceptors (Lipinski definition) is 4. The van der Waals surface area contributed by atoms with Crippen LogP contribution in [0.15, 0.2) is 24.3 Å². The third-order valence-corrected chi connectivity index (χ3v) is 5.22. The molecule has 26 heavy (non-hydrogen) atoms. The maximum absolute atomic E-state index is 10.5. The van der Waals surface area contributed by atoms with E-state index in [1.54, 1.807) is 13.0 Å². The molecule has 0 heterocycles. The summed E-state index contributed by atoms with van der Waals surface area (Å²) >= 11 is 0. The second-order valence-electron chi connectivity index (χ2n) is 7.78. The molecule has 150 valence electrons. The molecule has 0 spiro atoms. The Morgan fingerprint density at radius 2 is 1.88 bits per heavy atom. The molecule has 1 aliphatic carbocycles. The van der Waals surface area contributed by atoms with Gasteiger partial charge in [0, 0.05) is 18.8 Å². The molecular weight excluding hydrogens is 332 g/mol. The predicted molar refractivity (Wildman–Crippen MR) is 103 cm³/mol. The standard InChI is InChI=1S/C21H36O5/c1-3-4-9-13-21(2,26)14-12-17-16(18(22)15-19(17)23)10-7-5-6-8-11-20(24)25/h5,7,12,14,16-19,22-23,26H,3-4,6,8-11,13,15H2,1-2H3,(H,24,25)/b7-5-,14-12+. The topological polar surface area (TPSA) is 98.0 Å². The van der Waals surface area contributed by atoms with Gasteiger partial charge in [-0.15, -0.1) is 0 Å². The lowest BCUT2D eigenvalue weighted by Gasteiger charge is -2.23. The molecule has 0 aromatic carbocycles. The summed E-state index contributed by atoms with van der Waals surface area (Å²) in [5.74, 6) is -1.04. The van der Waals surface area contributed by atoms with Crippen LogP contribution < -0.4 is 0 Å². The summed E-state index contributed by atoms with van der Waals surface area (Å²) in [7, 11) is 0. The molecular formula is C21H36O5. The smallest absolute Gasteiger partial charge is 0.303 e. The van der Waals surface area contributed by atoms with E-state index in [1.807, 2.05) is 18.2 Å². The van der Waals surface area contributed by atoms with Crippen LogP contribution in [-0.2, 0) is 4.79 Å². The molecule has 0 aromatic rings. The van der Waals surface area contributed by atoms with Gasteiger partial charge in [-0.3, -0.25) is 4.79 Å². The fourth-order valence-electron chi connectivity index (χ4n) is 3.58. The zero-order valence-electron chi connectivity index (χ0n) is 16.2. The average Bonchev–Trinajstić information content (AvgIpc) is 2.82. The van der Waals surface area contributed by atoms with Gasteiger partial charge in [0.05, 0.1) is 17.8 Å². The molecule has 4 N–H and O–H groups in total. The molecule has 1 aliphatic rings. The number of aliphatic carboxylic acids is 1. The number of unbranched alkanes of at least 4 members (excludes halogenated alkanes) is 3. The van der Waals surface area contributed by atoms with Crippen molar-refractivity contribution in [1.82, 2.24) is 0 Å². The van der Waals surface area contributed by atoms with Gasteiger partial charge in [-0.2, -0.15) is 0 Å². The van der Waals surface area contributed by atoms with Gasteiger partial charge in [0.25, 0.3) is 0 Å². The minimum Gasteiger partial charge on any atom is -0.481 e. The number of allylic oxidation sites excluding steroid dienone is 2. The Hall–Kier alpha value is -1.17. The number of hydrogen-bond donors (Lipinski definition) is 4. The van der Waals surface area contributed by atoms with Crippen LogP contribution in [0.5, 0.6) is 0 Å². The number of aliphatic hydroxyl groups excluding tert-OH is 2. The van der Waals surface area contributed by atoms with Crippen molar-refractivity contribution in [1.29, 1.82) is 0 Å². The minimum atomic E-state index is -0.889. The Balaban J connectivity index is 2.56. The van der Waals surface area contributed by atoms with Crippen molar-refractivity contribution >= 4 is 5.97 Å². The SMILES string of the molecule is CCCCCC(C)(O)/C=C/C1C(O)CC(O)C1C/C=C\CCCC(=O)O. The Labute approximate surface area is 157 Å². The van der Waals surface area contributed by atoms with Crippen molar-refractivity contribution in [2.45, 2.75) is 89.4 Å². The van der Waals surface area contributed by atoms with Crippen molar-refractivity contribution in [3.63, 3.8) is 0 Å². The first-order valence-electron chi connectivity index (χ1n) is 9.91. The fraction of sp³-hybridized carbons (Fsp3) is 0.762. The van der Waals surface area contributed by atoms with E-state index in [2.05, 4.69) is 6.92 Å². The highest BCUT2D eigenvalue weighted by molar-refractivity contribution is 5.66. The van der Waals surface area contributed by atoms with E-state index >= 15 is 0 Å². The molecule has 5 atom stereocenters. The molecule has 0 bridgehead atoms. The van der Waals surface area contributed by atoms with E-state index in [1.165, 1.54) is 0 Å². The summed E-state index contributed by atoms with van der Waals surface area (Å²) in [5.41, 5.74) is -0.889. The third-order valence-electron chi connectivity index (χ3n) is 5.22. The van der Waals surface area contributed by atoms with Gasteiger partial charge in [-0.1, -0.05) is 50.5 Å². The van der Waals surface area contributed by atoms with Crippen LogP contribution in [0.25, 0.3) is 0 Å². The van der Waals surface area contributed by atoms with Gasteiger partial charge in [0.15, 0.2) is 0 Å². The number of carboxylic acid groups (broad SMARTS) is 1. The highest BCUT2D eigenvalue weighted by atomic mass is 16.4. The Bertz CT molecular complexity index is 469. The van der Waals surface area contributed by atoms with Crippen LogP contribution >= 0.6 is 0 Å². The summed E-state index contributed by atoms with van der Waals surface area (Å²) in [4.78, 5) is 10.5. The first kappa shape index (κ1) is 22.9. The lowest BCUT2D eigenvalue weighted by atomic mass is 9.88. The van der Waals surface area contributed by atoms with Crippen LogP contribution in [0.1, 0.15) is 71.6 Å². The number of aliphatic hydroxyl groups is 3. The summed E-state index contributed by atoms with van der Waals surface area (Å²) in [5, 5.41) is 39.6. The van der Waals surface area contributed by atoms with Crippen LogP contribution in [0.2, 0.25) is 0 Å². The minimum absolute atomic E-state index is 0.0802. The highest BCUT2D eigenvalue weighted by Crippen LogP contribution is 2.37. The second-order valence-corrected chi connectivity index (χ2v) is 7.78. The molecule has 0 radical (unpaired) electrons. The molecule has 1 saturated carbocycles. The van der Waals surface area contributed by atoms with Gasteiger partial charge in [0.2, 0.25) is 0 Å². The molecule has 0 aliphatic heterocycles. The van der Waals surface area contributed by atoms with E-state index < -0.39 is 23.8 Å². The van der Waals surface area contributed by atoms with Crippen LogP contribution in [-0.4, -0.2) is 44.2 Å². The molecule has 5 nitrogen and oxygen atoms in total. The van der Waals surface area contributed by atoms with Crippen LogP contribution in [0.4, 0.5) is 0 Å². The highest BCUT2D eigenvalue weighted by Gasteiger charge is 2.39. The summed E-state index contributed by atoms with van der Waals surface area (Å²) in [6.07, 6.45) is 12.7. The second kappa shape index (κ2) is 11.5. The van der Waals surface area contributed by atoms with E-state index in [0.29, 0.717) is 32.1 Å². The van der Waals surface area contributed by atoms with Gasteiger partial charge in [-0.05, 0) is 38.5 Å². The van der Waals surface area contributed by atoms with Gasteiger partial charge in [0.1, 0.15) is 0 Å². The zero-order chi connectivity index (χ0) is 19.6. The van der Waals surface area contributed by atoms with Crippen molar-refractivity contribution in [2.75, 3.05) is 0 Å². The molecule has 1 fully saturated rings. The average molecular weight is 369 g/mol. The van der Waals surface area contributed by atoms with Gasteiger partial charge >= 0.3 is 5.97 Å². The monoisotopic (exact) mass is 368 g/mol. The lowest BCUT2D eigenvalue weighted by Crippen LogP contribution is -2.24. The van der Waals surface area contributed by atoms with Crippen molar-refractivity contribution < 1.29 is 25.2 Å². The van der Waals surface area contributed by atoms with Crippen molar-refractivity contribution in [2.24, 2.45) is 11.8 Å². The molecule has 0 amide bonds. The fourth-order valence-corrected chi connectivity index (χ4v) is 3.58. The number of rotatable bonds is 12. The quantitative estimate of drug-likeness (QED) is 0.312. The van der Waals surface area contributed by atoms with Gasteiger partial charge < -0.3 is 20.4 Å². The molecule has 5 unspecified atom stereocenters. The van der Waals surface area contributed by atoms with Crippen LogP contribution in [0, 0.1) is 11.8 Å². The summed E-state index contributed by atoms with van der Waals surface area (Å²) < 4.78 is 0. The lowest BCUT2D eigenvalue weighted by molar-refractivity contribution is -0.137. The van der Waals surface area contributed by atoms with Crippen LogP contribution in [0.3, 0.4) is 0 Å². The normalized spacial score (nSPS) is 28.8. The molecule has 1 rings (SSSR count). The molecule has 0 aromatic heterocycles. The number of carboxylic acids is 1. The van der Waals surface area contributed by atoms with E-state index in [-0.39, 0.29) is 18.3 Å². The van der Waals surface area contributed by atoms with Gasteiger partial charge in [-0.25, -0.2) is 0 Å².